The maximum Gasteiger partial charge on any atom is 0.324 e. The number of aromatic nitrogens is 4. The minimum Gasteiger partial charge on any atom is -0.382 e. The lowest BCUT2D eigenvalue weighted by molar-refractivity contribution is 0.0950. The fraction of sp³-hybridized carbons (Fsp3) is 0.321. The molecule has 0 aliphatic carbocycles. The number of nitrogen functional groups attached to an aromatic ring is 1. The maximum absolute atomic E-state index is 13.3. The van der Waals surface area contributed by atoms with E-state index >= 15 is 0 Å². The fourth-order valence-electron chi connectivity index (χ4n) is 4.78. The van der Waals surface area contributed by atoms with Crippen LogP contribution in [0.15, 0.2) is 55.0 Å². The van der Waals surface area contributed by atoms with Crippen molar-refractivity contribution in [2.24, 2.45) is 0 Å². The molecule has 0 spiro atoms. The van der Waals surface area contributed by atoms with Crippen molar-refractivity contribution in [2.75, 3.05) is 62.7 Å². The van der Waals surface area contributed by atoms with E-state index in [1.165, 1.54) is 6.33 Å². The molecule has 1 aliphatic heterocycles. The summed E-state index contributed by atoms with van der Waals surface area (Å²) in [5.74, 6) is 0.529. The smallest absolute Gasteiger partial charge is 0.324 e. The highest BCUT2D eigenvalue weighted by Gasteiger charge is 2.22. The summed E-state index contributed by atoms with van der Waals surface area (Å²) in [4.78, 5) is 38.9. The molecule has 0 atom stereocenters. The lowest BCUT2D eigenvalue weighted by atomic mass is 10.0. The minimum absolute atomic E-state index is 0.203. The summed E-state index contributed by atoms with van der Waals surface area (Å²) >= 11 is 0. The van der Waals surface area contributed by atoms with Gasteiger partial charge in [-0.1, -0.05) is 18.2 Å². The molecular formula is C28H34N10O2. The Morgan fingerprint density at radius 1 is 1.02 bits per heavy atom. The molecule has 0 saturated carbocycles. The van der Waals surface area contributed by atoms with Gasteiger partial charge in [-0.15, -0.1) is 0 Å². The van der Waals surface area contributed by atoms with Crippen molar-refractivity contribution in [3.8, 4) is 11.1 Å². The van der Waals surface area contributed by atoms with E-state index in [0.29, 0.717) is 34.7 Å². The normalized spacial score (nSPS) is 14.2. The number of pyridine rings is 1. The second-order valence-electron chi connectivity index (χ2n) is 9.93. The van der Waals surface area contributed by atoms with Gasteiger partial charge in [0.1, 0.15) is 17.7 Å². The van der Waals surface area contributed by atoms with Gasteiger partial charge in [-0.3, -0.25) is 10.1 Å². The largest absolute Gasteiger partial charge is 0.382 e. The van der Waals surface area contributed by atoms with Gasteiger partial charge < -0.3 is 26.2 Å². The van der Waals surface area contributed by atoms with Crippen molar-refractivity contribution in [1.82, 2.24) is 34.7 Å². The molecule has 12 nitrogen and oxygen atoms in total. The van der Waals surface area contributed by atoms with Crippen LogP contribution in [-0.2, 0) is 0 Å². The average Bonchev–Trinajstić information content (AvgIpc) is 3.33. The number of anilines is 3. The third kappa shape index (κ3) is 6.35. The van der Waals surface area contributed by atoms with Crippen molar-refractivity contribution in [2.45, 2.75) is 13.3 Å². The number of hydrogen-bond donors (Lipinski definition) is 4. The van der Waals surface area contributed by atoms with Crippen molar-refractivity contribution in [1.29, 1.82) is 0 Å². The molecule has 1 aliphatic rings. The second-order valence-corrected chi connectivity index (χ2v) is 9.93. The Kier molecular flexibility index (Phi) is 8.18. The fourth-order valence-corrected chi connectivity index (χ4v) is 4.78. The number of carbonyl (C=O) groups excluding carboxylic acids is 2. The predicted molar refractivity (Wildman–Crippen MR) is 155 cm³/mol. The van der Waals surface area contributed by atoms with Crippen molar-refractivity contribution in [3.63, 3.8) is 0 Å². The zero-order valence-corrected chi connectivity index (χ0v) is 22.7. The number of hydrogen-bond acceptors (Lipinski definition) is 8. The van der Waals surface area contributed by atoms with Crippen molar-refractivity contribution < 1.29 is 9.59 Å². The van der Waals surface area contributed by atoms with Gasteiger partial charge in [0.2, 0.25) is 0 Å². The number of urea groups is 1. The highest BCUT2D eigenvalue weighted by atomic mass is 16.2. The van der Waals surface area contributed by atoms with Crippen LogP contribution < -0.4 is 21.7 Å². The predicted octanol–water partition coefficient (Wildman–Crippen LogP) is 2.69. The van der Waals surface area contributed by atoms with Crippen LogP contribution in [0.1, 0.15) is 22.5 Å². The first-order valence-electron chi connectivity index (χ1n) is 13.3. The molecule has 1 saturated heterocycles. The number of benzene rings is 1. The lowest BCUT2D eigenvalue weighted by Crippen LogP contribution is -2.45. The van der Waals surface area contributed by atoms with E-state index in [0.717, 1.165) is 50.4 Å². The standard InChI is InChI=1S/C28H34N10O2/c1-19-5-3-6-23(33-19)35-28(40)34-21-9-7-20(8-10-21)24-22(17-38-25(24)26(29)31-18-32-38)27(39)30-11-4-12-37-15-13-36(2)14-16-37/h3,5-10,17-18H,4,11-16H2,1-2H3,(H,30,39)(H2,29,31,32)(H2,33,34,35,40). The summed E-state index contributed by atoms with van der Waals surface area (Å²) < 4.78 is 1.57. The number of piperazine rings is 1. The van der Waals surface area contributed by atoms with Gasteiger partial charge in [0.15, 0.2) is 5.82 Å². The quantitative estimate of drug-likeness (QED) is 0.249. The van der Waals surface area contributed by atoms with Gasteiger partial charge in [-0.25, -0.2) is 19.3 Å². The van der Waals surface area contributed by atoms with E-state index in [1.807, 2.05) is 31.2 Å². The molecule has 12 heteroatoms. The Morgan fingerprint density at radius 3 is 2.55 bits per heavy atom. The van der Waals surface area contributed by atoms with E-state index in [2.05, 4.69) is 47.9 Å². The van der Waals surface area contributed by atoms with Crippen LogP contribution >= 0.6 is 0 Å². The van der Waals surface area contributed by atoms with Gasteiger partial charge >= 0.3 is 6.03 Å². The topological polar surface area (TPSA) is 146 Å². The minimum atomic E-state index is -0.408. The number of carbonyl (C=O) groups is 2. The average molecular weight is 543 g/mol. The number of aryl methyl sites for hydroxylation is 1. The summed E-state index contributed by atoms with van der Waals surface area (Å²) in [6.45, 7) is 7.59. The first-order valence-corrected chi connectivity index (χ1v) is 13.3. The molecule has 3 amide bonds. The first-order chi connectivity index (χ1) is 19.4. The lowest BCUT2D eigenvalue weighted by Gasteiger charge is -2.32. The molecule has 1 fully saturated rings. The van der Waals surface area contributed by atoms with Crippen LogP contribution in [0.3, 0.4) is 0 Å². The van der Waals surface area contributed by atoms with Gasteiger partial charge in [0.05, 0.1) is 5.56 Å². The molecule has 40 heavy (non-hydrogen) atoms. The highest BCUT2D eigenvalue weighted by Crippen LogP contribution is 2.33. The number of amides is 3. The number of rotatable bonds is 8. The van der Waals surface area contributed by atoms with Crippen molar-refractivity contribution >= 4 is 34.8 Å². The highest BCUT2D eigenvalue weighted by molar-refractivity contribution is 6.07. The molecule has 5 rings (SSSR count). The van der Waals surface area contributed by atoms with Crippen LogP contribution in [-0.4, -0.2) is 87.6 Å². The molecule has 1 aromatic carbocycles. The van der Waals surface area contributed by atoms with Crippen LogP contribution in [0.5, 0.6) is 0 Å². The van der Waals surface area contributed by atoms with Gasteiger partial charge in [0.25, 0.3) is 5.91 Å². The molecule has 0 unspecified atom stereocenters. The number of likely N-dealkylation sites (N-methyl/N-ethyl adjacent to an activating group) is 1. The molecule has 4 aromatic rings. The Morgan fingerprint density at radius 2 is 1.80 bits per heavy atom. The molecule has 4 heterocycles. The van der Waals surface area contributed by atoms with E-state index < -0.39 is 6.03 Å². The van der Waals surface area contributed by atoms with Crippen LogP contribution in [0.4, 0.5) is 22.1 Å². The second kappa shape index (κ2) is 12.1. The summed E-state index contributed by atoms with van der Waals surface area (Å²) in [7, 11) is 2.14. The zero-order chi connectivity index (χ0) is 28.1. The summed E-state index contributed by atoms with van der Waals surface area (Å²) in [6.07, 6.45) is 3.89. The Bertz CT molecular complexity index is 1490. The monoisotopic (exact) mass is 542 g/mol. The molecule has 3 aromatic heterocycles. The van der Waals surface area contributed by atoms with E-state index in [9.17, 15) is 9.59 Å². The molecule has 0 bridgehead atoms. The van der Waals surface area contributed by atoms with Gasteiger partial charge in [-0.2, -0.15) is 5.10 Å². The van der Waals surface area contributed by atoms with E-state index in [4.69, 9.17) is 5.73 Å². The van der Waals surface area contributed by atoms with Crippen LogP contribution in [0, 0.1) is 6.92 Å². The molecule has 5 N–H and O–H groups in total. The Balaban J connectivity index is 1.28. The molecule has 208 valence electrons. The Hall–Kier alpha value is -4.55. The Labute approximate surface area is 232 Å². The van der Waals surface area contributed by atoms with E-state index in [1.54, 1.807) is 28.9 Å². The van der Waals surface area contributed by atoms with Crippen molar-refractivity contribution in [3.05, 3.63) is 66.2 Å². The van der Waals surface area contributed by atoms with Crippen LogP contribution in [0.25, 0.3) is 16.6 Å². The summed E-state index contributed by atoms with van der Waals surface area (Å²) in [5, 5.41) is 12.8. The third-order valence-corrected chi connectivity index (χ3v) is 6.94. The van der Waals surface area contributed by atoms with Gasteiger partial charge in [0, 0.05) is 55.9 Å². The summed E-state index contributed by atoms with van der Waals surface area (Å²) in [6, 6.07) is 12.2. The molecular weight excluding hydrogens is 508 g/mol. The maximum atomic E-state index is 13.3. The third-order valence-electron chi connectivity index (χ3n) is 6.94. The van der Waals surface area contributed by atoms with E-state index in [-0.39, 0.29) is 11.7 Å². The number of nitrogens with one attached hydrogen (secondary N) is 3. The number of nitrogens with two attached hydrogens (primary N) is 1. The zero-order valence-electron chi connectivity index (χ0n) is 22.7. The number of fused-ring (bicyclic) bond motifs is 1. The molecule has 0 radical (unpaired) electrons. The number of nitrogens with zero attached hydrogens (tertiary/aromatic N) is 6. The summed E-state index contributed by atoms with van der Waals surface area (Å²) in [5.41, 5.74) is 9.99. The first kappa shape index (κ1) is 27.0. The van der Waals surface area contributed by atoms with Gasteiger partial charge in [-0.05, 0) is 56.8 Å². The van der Waals surface area contributed by atoms with Crippen LogP contribution in [0.2, 0.25) is 0 Å². The SMILES string of the molecule is Cc1cccc(NC(=O)Nc2ccc(-c3c(C(=O)NCCCN4CCN(C)CC4)cn4ncnc(N)c34)cc2)n1.